The van der Waals surface area contributed by atoms with Crippen LogP contribution in [0, 0.1) is 20.8 Å². The Labute approximate surface area is 119 Å². The summed E-state index contributed by atoms with van der Waals surface area (Å²) in [6.07, 6.45) is 0. The average Bonchev–Trinajstić information content (AvgIpc) is 2.32. The number of benzene rings is 2. The molecule has 0 aromatic heterocycles. The molecule has 0 aliphatic heterocycles. The van der Waals surface area contributed by atoms with Crippen LogP contribution in [0.2, 0.25) is 5.02 Å². The lowest BCUT2D eigenvalue weighted by Crippen LogP contribution is -2.03. The van der Waals surface area contributed by atoms with Gasteiger partial charge in [-0.15, -0.1) is 0 Å². The summed E-state index contributed by atoms with van der Waals surface area (Å²) in [6.45, 7) is 6.99. The summed E-state index contributed by atoms with van der Waals surface area (Å²) >= 11 is 5.90. The molecule has 2 rings (SSSR count). The molecule has 0 radical (unpaired) electrons. The maximum absolute atomic E-state index is 9.40. The predicted octanol–water partition coefficient (Wildman–Crippen LogP) is 4.58. The Bertz CT molecular complexity index is 585. The van der Waals surface area contributed by atoms with Gasteiger partial charge in [0.25, 0.3) is 0 Å². The van der Waals surface area contributed by atoms with Crippen LogP contribution in [-0.2, 0) is 6.54 Å². The molecule has 0 bridgehead atoms. The second kappa shape index (κ2) is 5.54. The number of anilines is 1. The van der Waals surface area contributed by atoms with E-state index in [-0.39, 0.29) is 5.75 Å². The minimum atomic E-state index is 0.119. The number of rotatable bonds is 3. The molecule has 2 nitrogen and oxygen atoms in total. The van der Waals surface area contributed by atoms with E-state index in [9.17, 15) is 5.11 Å². The largest absolute Gasteiger partial charge is 0.506 e. The van der Waals surface area contributed by atoms with Gasteiger partial charge in [0.05, 0.1) is 5.02 Å². The number of aromatic hydroxyl groups is 1. The third-order valence-electron chi connectivity index (χ3n) is 3.16. The molecule has 0 saturated heterocycles. The molecule has 100 valence electrons. The van der Waals surface area contributed by atoms with Crippen LogP contribution in [0.1, 0.15) is 22.3 Å². The topological polar surface area (TPSA) is 32.3 Å². The van der Waals surface area contributed by atoms with Crippen molar-refractivity contribution in [2.75, 3.05) is 5.32 Å². The van der Waals surface area contributed by atoms with E-state index in [1.165, 1.54) is 16.7 Å². The zero-order valence-corrected chi connectivity index (χ0v) is 12.2. The maximum atomic E-state index is 9.40. The molecule has 0 spiro atoms. The molecule has 0 heterocycles. The number of hydrogen-bond acceptors (Lipinski definition) is 2. The standard InChI is InChI=1S/C16H18ClNO/c1-10-6-11(2)16(12(3)7-10)18-9-13-4-5-15(19)14(17)8-13/h4-8,18-19H,9H2,1-3H3. The molecule has 0 atom stereocenters. The third kappa shape index (κ3) is 3.21. The number of phenols is 1. The predicted molar refractivity (Wildman–Crippen MR) is 81.1 cm³/mol. The highest BCUT2D eigenvalue weighted by atomic mass is 35.5. The van der Waals surface area contributed by atoms with Crippen molar-refractivity contribution in [3.05, 3.63) is 57.6 Å². The quantitative estimate of drug-likeness (QED) is 0.859. The summed E-state index contributed by atoms with van der Waals surface area (Å²) in [4.78, 5) is 0. The minimum absolute atomic E-state index is 0.119. The van der Waals surface area contributed by atoms with Crippen molar-refractivity contribution < 1.29 is 5.11 Å². The first-order chi connectivity index (χ1) is 8.97. The van der Waals surface area contributed by atoms with Gasteiger partial charge in [-0.2, -0.15) is 0 Å². The van der Waals surface area contributed by atoms with Gasteiger partial charge in [0.15, 0.2) is 0 Å². The van der Waals surface area contributed by atoms with E-state index in [1.807, 2.05) is 6.07 Å². The Morgan fingerprint density at radius 3 is 2.26 bits per heavy atom. The van der Waals surface area contributed by atoms with Crippen LogP contribution in [0.3, 0.4) is 0 Å². The fraction of sp³-hybridized carbons (Fsp3) is 0.250. The Kier molecular flexibility index (Phi) is 4.01. The second-order valence-corrected chi connectivity index (χ2v) is 5.32. The van der Waals surface area contributed by atoms with Crippen molar-refractivity contribution >= 4 is 17.3 Å². The number of aryl methyl sites for hydroxylation is 3. The molecule has 2 N–H and O–H groups in total. The van der Waals surface area contributed by atoms with Gasteiger partial charge in [0.1, 0.15) is 5.75 Å². The van der Waals surface area contributed by atoms with Crippen molar-refractivity contribution in [3.63, 3.8) is 0 Å². The smallest absolute Gasteiger partial charge is 0.134 e. The van der Waals surface area contributed by atoms with Crippen molar-refractivity contribution in [1.82, 2.24) is 0 Å². The van der Waals surface area contributed by atoms with E-state index < -0.39 is 0 Å². The van der Waals surface area contributed by atoms with Crippen LogP contribution >= 0.6 is 11.6 Å². The lowest BCUT2D eigenvalue weighted by atomic mass is 10.0. The van der Waals surface area contributed by atoms with Crippen molar-refractivity contribution in [2.45, 2.75) is 27.3 Å². The first-order valence-electron chi connectivity index (χ1n) is 6.26. The molecule has 0 amide bonds. The van der Waals surface area contributed by atoms with Gasteiger partial charge in [-0.1, -0.05) is 35.4 Å². The van der Waals surface area contributed by atoms with Gasteiger partial charge in [0.2, 0.25) is 0 Å². The van der Waals surface area contributed by atoms with E-state index in [2.05, 4.69) is 38.2 Å². The fourth-order valence-electron chi connectivity index (χ4n) is 2.31. The first kappa shape index (κ1) is 13.8. The number of nitrogens with one attached hydrogen (secondary N) is 1. The Hall–Kier alpha value is -1.67. The molecular formula is C16H18ClNO. The summed E-state index contributed by atoms with van der Waals surface area (Å²) < 4.78 is 0. The molecule has 2 aromatic carbocycles. The number of phenolic OH excluding ortho intramolecular Hbond substituents is 1. The van der Waals surface area contributed by atoms with Crippen LogP contribution in [0.4, 0.5) is 5.69 Å². The van der Waals surface area contributed by atoms with Crippen molar-refractivity contribution in [2.24, 2.45) is 0 Å². The van der Waals surface area contributed by atoms with Crippen LogP contribution in [0.15, 0.2) is 30.3 Å². The third-order valence-corrected chi connectivity index (χ3v) is 3.46. The summed E-state index contributed by atoms with van der Waals surface area (Å²) in [5.74, 6) is 0.119. The molecule has 0 aliphatic rings. The molecule has 2 aromatic rings. The second-order valence-electron chi connectivity index (χ2n) is 4.91. The van der Waals surface area contributed by atoms with Crippen LogP contribution < -0.4 is 5.32 Å². The lowest BCUT2D eigenvalue weighted by Gasteiger charge is -2.14. The van der Waals surface area contributed by atoms with Gasteiger partial charge in [0, 0.05) is 12.2 Å². The molecule has 0 fully saturated rings. The Morgan fingerprint density at radius 2 is 1.68 bits per heavy atom. The fourth-order valence-corrected chi connectivity index (χ4v) is 2.51. The Morgan fingerprint density at radius 1 is 1.05 bits per heavy atom. The van der Waals surface area contributed by atoms with Gasteiger partial charge in [-0.25, -0.2) is 0 Å². The number of hydrogen-bond donors (Lipinski definition) is 2. The normalized spacial score (nSPS) is 10.5. The Balaban J connectivity index is 2.16. The van der Waals surface area contributed by atoms with E-state index in [0.29, 0.717) is 11.6 Å². The summed E-state index contributed by atoms with van der Waals surface area (Å²) in [5, 5.41) is 13.2. The highest BCUT2D eigenvalue weighted by molar-refractivity contribution is 6.32. The molecular weight excluding hydrogens is 258 g/mol. The molecule has 3 heteroatoms. The molecule has 0 unspecified atom stereocenters. The van der Waals surface area contributed by atoms with Crippen molar-refractivity contribution in [1.29, 1.82) is 0 Å². The monoisotopic (exact) mass is 275 g/mol. The van der Waals surface area contributed by atoms with E-state index in [1.54, 1.807) is 12.1 Å². The summed E-state index contributed by atoms with van der Waals surface area (Å²) in [7, 11) is 0. The zero-order chi connectivity index (χ0) is 14.0. The van der Waals surface area contributed by atoms with Gasteiger partial charge in [-0.3, -0.25) is 0 Å². The van der Waals surface area contributed by atoms with Crippen LogP contribution in [-0.4, -0.2) is 5.11 Å². The maximum Gasteiger partial charge on any atom is 0.134 e. The molecule has 19 heavy (non-hydrogen) atoms. The van der Waals surface area contributed by atoms with E-state index >= 15 is 0 Å². The molecule has 0 aliphatic carbocycles. The van der Waals surface area contributed by atoms with Gasteiger partial charge < -0.3 is 10.4 Å². The molecule has 0 saturated carbocycles. The van der Waals surface area contributed by atoms with Crippen LogP contribution in [0.25, 0.3) is 0 Å². The SMILES string of the molecule is Cc1cc(C)c(NCc2ccc(O)c(Cl)c2)c(C)c1. The zero-order valence-electron chi connectivity index (χ0n) is 11.4. The highest BCUT2D eigenvalue weighted by Crippen LogP contribution is 2.26. The van der Waals surface area contributed by atoms with Crippen LogP contribution in [0.5, 0.6) is 5.75 Å². The minimum Gasteiger partial charge on any atom is -0.506 e. The summed E-state index contributed by atoms with van der Waals surface area (Å²) in [5.41, 5.74) is 5.95. The summed E-state index contributed by atoms with van der Waals surface area (Å²) in [6, 6.07) is 9.60. The van der Waals surface area contributed by atoms with E-state index in [4.69, 9.17) is 11.6 Å². The van der Waals surface area contributed by atoms with Gasteiger partial charge in [-0.05, 0) is 49.6 Å². The number of halogens is 1. The first-order valence-corrected chi connectivity index (χ1v) is 6.64. The average molecular weight is 276 g/mol. The van der Waals surface area contributed by atoms with E-state index in [0.717, 1.165) is 11.3 Å². The van der Waals surface area contributed by atoms with Crippen molar-refractivity contribution in [3.8, 4) is 5.75 Å². The van der Waals surface area contributed by atoms with Gasteiger partial charge >= 0.3 is 0 Å². The lowest BCUT2D eigenvalue weighted by molar-refractivity contribution is 0.475. The highest BCUT2D eigenvalue weighted by Gasteiger charge is 2.04.